The van der Waals surface area contributed by atoms with Crippen LogP contribution in [0.3, 0.4) is 0 Å². The maximum absolute atomic E-state index is 13.4. The second-order valence-electron chi connectivity index (χ2n) is 12.1. The maximum atomic E-state index is 13.4. The zero-order valence-corrected chi connectivity index (χ0v) is 27.6. The third kappa shape index (κ3) is 9.28. The fourth-order valence-electron chi connectivity index (χ4n) is 6.17. The van der Waals surface area contributed by atoms with Gasteiger partial charge in [0.05, 0.1) is 22.5 Å². The van der Waals surface area contributed by atoms with E-state index in [2.05, 4.69) is 40.3 Å². The van der Waals surface area contributed by atoms with Crippen molar-refractivity contribution in [3.8, 4) is 0 Å². The second-order valence-corrected chi connectivity index (χ2v) is 13.0. The summed E-state index contributed by atoms with van der Waals surface area (Å²) in [5, 5.41) is 3.37. The number of nitrogen functional groups attached to an aromatic ring is 1. The Morgan fingerprint density at radius 3 is 1.60 bits per heavy atom. The quantitative estimate of drug-likeness (QED) is 0.0786. The van der Waals surface area contributed by atoms with Crippen molar-refractivity contribution in [2.24, 2.45) is 0 Å². The van der Waals surface area contributed by atoms with Crippen LogP contribution in [0.1, 0.15) is 147 Å². The molecule has 230 valence electrons. The summed E-state index contributed by atoms with van der Waals surface area (Å²) in [7, 11) is 0. The first-order valence-electron chi connectivity index (χ1n) is 16.7. The summed E-state index contributed by atoms with van der Waals surface area (Å²) in [5.74, 6) is -0.409. The minimum absolute atomic E-state index is 0.188. The van der Waals surface area contributed by atoms with Crippen LogP contribution in [-0.2, 0) is 6.42 Å². The van der Waals surface area contributed by atoms with E-state index >= 15 is 0 Å². The maximum Gasteiger partial charge on any atom is 0.196 e. The molecule has 0 atom stereocenters. The highest BCUT2D eigenvalue weighted by molar-refractivity contribution is 9.10. The van der Waals surface area contributed by atoms with Gasteiger partial charge in [-0.25, -0.2) is 0 Å². The van der Waals surface area contributed by atoms with E-state index in [1.165, 1.54) is 108 Å². The molecule has 5 heteroatoms. The van der Waals surface area contributed by atoms with Crippen molar-refractivity contribution < 1.29 is 9.59 Å². The average Bonchev–Trinajstić information content (AvgIpc) is 3.02. The molecule has 0 aromatic heterocycles. The van der Waals surface area contributed by atoms with Gasteiger partial charge in [0.25, 0.3) is 0 Å². The minimum Gasteiger partial charge on any atom is -0.397 e. The molecule has 4 nitrogen and oxygen atoms in total. The summed E-state index contributed by atoms with van der Waals surface area (Å²) in [5.41, 5.74) is 10.8. The molecule has 3 N–H and O–H groups in total. The lowest BCUT2D eigenvalue weighted by atomic mass is 9.82. The van der Waals surface area contributed by atoms with E-state index in [0.29, 0.717) is 32.5 Å². The highest BCUT2D eigenvalue weighted by Gasteiger charge is 2.34. The Kier molecular flexibility index (Phi) is 13.3. The molecule has 1 aliphatic rings. The van der Waals surface area contributed by atoms with Gasteiger partial charge in [-0.3, -0.25) is 9.59 Å². The number of hydrogen-bond acceptors (Lipinski definition) is 4. The van der Waals surface area contributed by atoms with Gasteiger partial charge in [-0.2, -0.15) is 0 Å². The molecular weight excluding hydrogens is 596 g/mol. The molecule has 0 amide bonds. The van der Waals surface area contributed by atoms with Gasteiger partial charge in [-0.15, -0.1) is 0 Å². The van der Waals surface area contributed by atoms with Crippen molar-refractivity contribution in [3.05, 3.63) is 86.9 Å². The fourth-order valence-corrected chi connectivity index (χ4v) is 6.60. The van der Waals surface area contributed by atoms with Crippen LogP contribution in [0.25, 0.3) is 0 Å². The first-order chi connectivity index (χ1) is 21.0. The van der Waals surface area contributed by atoms with Gasteiger partial charge in [0.1, 0.15) is 0 Å². The average molecular weight is 646 g/mol. The molecule has 0 bridgehead atoms. The number of rotatable bonds is 19. The van der Waals surface area contributed by atoms with Gasteiger partial charge in [-0.05, 0) is 52.5 Å². The van der Waals surface area contributed by atoms with Crippen molar-refractivity contribution in [2.75, 3.05) is 11.1 Å². The zero-order chi connectivity index (χ0) is 30.4. The third-order valence-corrected chi connectivity index (χ3v) is 9.40. The molecule has 0 saturated carbocycles. The van der Waals surface area contributed by atoms with Crippen molar-refractivity contribution in [2.45, 2.75) is 116 Å². The van der Waals surface area contributed by atoms with Crippen LogP contribution in [0.15, 0.2) is 59.1 Å². The Morgan fingerprint density at radius 1 is 0.628 bits per heavy atom. The number of fused-ring (bicyclic) bond motifs is 2. The summed E-state index contributed by atoms with van der Waals surface area (Å²) < 4.78 is 0.592. The molecule has 0 unspecified atom stereocenters. The predicted molar refractivity (Wildman–Crippen MR) is 185 cm³/mol. The number of ketones is 2. The van der Waals surface area contributed by atoms with E-state index in [1.807, 2.05) is 12.1 Å². The van der Waals surface area contributed by atoms with Crippen LogP contribution in [-0.4, -0.2) is 11.6 Å². The van der Waals surface area contributed by atoms with Crippen LogP contribution in [0.4, 0.5) is 17.1 Å². The molecule has 3 aromatic rings. The molecular formula is C38H49BrN2O2. The molecule has 0 saturated heterocycles. The first kappa shape index (κ1) is 33.0. The van der Waals surface area contributed by atoms with Crippen molar-refractivity contribution in [1.29, 1.82) is 0 Å². The van der Waals surface area contributed by atoms with Crippen LogP contribution in [0.2, 0.25) is 0 Å². The first-order valence-corrected chi connectivity index (χ1v) is 17.5. The van der Waals surface area contributed by atoms with E-state index in [9.17, 15) is 9.59 Å². The van der Waals surface area contributed by atoms with E-state index < -0.39 is 0 Å². The van der Waals surface area contributed by atoms with Gasteiger partial charge >= 0.3 is 0 Å². The normalized spacial score (nSPS) is 12.3. The van der Waals surface area contributed by atoms with Gasteiger partial charge in [-0.1, -0.05) is 140 Å². The lowest BCUT2D eigenvalue weighted by molar-refractivity contribution is 0.0980. The molecule has 0 fully saturated rings. The predicted octanol–water partition coefficient (Wildman–Crippen LogP) is 11.4. The zero-order valence-electron chi connectivity index (χ0n) is 26.0. The fraction of sp³-hybridized carbons (Fsp3) is 0.474. The highest BCUT2D eigenvalue weighted by atomic mass is 79.9. The van der Waals surface area contributed by atoms with Crippen LogP contribution < -0.4 is 11.1 Å². The Bertz CT molecular complexity index is 1350. The molecule has 3 aromatic carbocycles. The highest BCUT2D eigenvalue weighted by Crippen LogP contribution is 2.40. The summed E-state index contributed by atoms with van der Waals surface area (Å²) >= 11 is 3.49. The standard InChI is InChI=1S/C38H49BrN2O2/c1-2-3-4-5-6-7-8-9-10-11-12-13-14-15-16-17-20-28-23-25-29(26-24-28)41-33-27-32(39)36(40)35-34(33)37(42)30-21-18-19-22-31(30)38(35)43/h18-19,21-27,41H,2-17,20,40H2,1H3. The largest absolute Gasteiger partial charge is 0.397 e. The Labute approximate surface area is 267 Å². The molecule has 0 heterocycles. The van der Waals surface area contributed by atoms with Gasteiger partial charge in [0.2, 0.25) is 0 Å². The van der Waals surface area contributed by atoms with Gasteiger partial charge in [0, 0.05) is 21.3 Å². The molecule has 43 heavy (non-hydrogen) atoms. The summed E-state index contributed by atoms with van der Waals surface area (Å²) in [4.78, 5) is 26.7. The third-order valence-electron chi connectivity index (χ3n) is 8.74. The SMILES string of the molecule is CCCCCCCCCCCCCCCCCCc1ccc(Nc2cc(Br)c(N)c3c2C(=O)c2ccccc2C3=O)cc1. The number of halogens is 1. The molecule has 0 spiro atoms. The Hall–Kier alpha value is -2.92. The van der Waals surface area contributed by atoms with E-state index in [-0.39, 0.29) is 17.1 Å². The number of unbranched alkanes of at least 4 members (excludes halogenated alkanes) is 15. The second kappa shape index (κ2) is 17.4. The van der Waals surface area contributed by atoms with Gasteiger partial charge < -0.3 is 11.1 Å². The van der Waals surface area contributed by atoms with Crippen LogP contribution in [0, 0.1) is 0 Å². The molecule has 0 aliphatic heterocycles. The monoisotopic (exact) mass is 644 g/mol. The number of nitrogens with two attached hydrogens (primary N) is 1. The van der Waals surface area contributed by atoms with E-state index in [4.69, 9.17) is 5.73 Å². The minimum atomic E-state index is -0.221. The summed E-state index contributed by atoms with van der Waals surface area (Å²) in [6, 6.07) is 17.1. The number of anilines is 3. The van der Waals surface area contributed by atoms with Crippen LogP contribution in [0.5, 0.6) is 0 Å². The van der Waals surface area contributed by atoms with Crippen molar-refractivity contribution >= 4 is 44.6 Å². The number of carbonyl (C=O) groups excluding carboxylic acids is 2. The van der Waals surface area contributed by atoms with Crippen LogP contribution >= 0.6 is 15.9 Å². The molecule has 0 radical (unpaired) electrons. The number of carbonyl (C=O) groups is 2. The topological polar surface area (TPSA) is 72.2 Å². The smallest absolute Gasteiger partial charge is 0.196 e. The van der Waals surface area contributed by atoms with Crippen molar-refractivity contribution in [3.63, 3.8) is 0 Å². The Balaban J connectivity index is 1.15. The van der Waals surface area contributed by atoms with Crippen molar-refractivity contribution in [1.82, 2.24) is 0 Å². The molecule has 1 aliphatic carbocycles. The van der Waals surface area contributed by atoms with E-state index in [0.717, 1.165) is 12.1 Å². The number of nitrogens with one attached hydrogen (secondary N) is 1. The number of hydrogen-bond donors (Lipinski definition) is 2. The summed E-state index contributed by atoms with van der Waals surface area (Å²) in [6.45, 7) is 2.28. The lowest BCUT2D eigenvalue weighted by Gasteiger charge is -2.23. The molecule has 4 rings (SSSR count). The number of aryl methyl sites for hydroxylation is 1. The van der Waals surface area contributed by atoms with E-state index in [1.54, 1.807) is 30.3 Å². The summed E-state index contributed by atoms with van der Waals surface area (Å²) in [6.07, 6.45) is 23.2. The van der Waals surface area contributed by atoms with Gasteiger partial charge in [0.15, 0.2) is 11.6 Å². The Morgan fingerprint density at radius 2 is 1.09 bits per heavy atom. The lowest BCUT2D eigenvalue weighted by Crippen LogP contribution is -2.23. The number of benzene rings is 3.